The van der Waals surface area contributed by atoms with E-state index in [1.165, 1.54) is 0 Å². The van der Waals surface area contributed by atoms with Crippen molar-refractivity contribution in [2.45, 2.75) is 25.8 Å². The highest BCUT2D eigenvalue weighted by Crippen LogP contribution is 2.21. The molecule has 1 amide bonds. The molecule has 2 aromatic rings. The van der Waals surface area contributed by atoms with Crippen LogP contribution in [0.25, 0.3) is 10.7 Å². The van der Waals surface area contributed by atoms with Gasteiger partial charge in [-0.1, -0.05) is 11.2 Å². The average molecular weight is 294 g/mol. The van der Waals surface area contributed by atoms with Gasteiger partial charge in [0.2, 0.25) is 17.6 Å². The quantitative estimate of drug-likeness (QED) is 0.808. The third-order valence-corrected chi connectivity index (χ3v) is 3.74. The fraction of sp³-hybridized carbons (Fsp3) is 0.462. The van der Waals surface area contributed by atoms with E-state index in [-0.39, 0.29) is 11.9 Å². The minimum atomic E-state index is -0.0111. The van der Waals surface area contributed by atoms with Crippen LogP contribution in [0, 0.1) is 0 Å². The van der Waals surface area contributed by atoms with Crippen molar-refractivity contribution in [3.8, 4) is 10.7 Å². The van der Waals surface area contributed by atoms with Gasteiger partial charge in [0.25, 0.3) is 0 Å². The molecule has 2 aromatic heterocycles. The van der Waals surface area contributed by atoms with Crippen molar-refractivity contribution < 1.29 is 9.32 Å². The van der Waals surface area contributed by atoms with Crippen molar-refractivity contribution in [2.24, 2.45) is 0 Å². The van der Waals surface area contributed by atoms with Crippen LogP contribution in [-0.2, 0) is 11.2 Å². The number of likely N-dealkylation sites (N-methyl/N-ethyl adjacent to an activating group) is 1. The van der Waals surface area contributed by atoms with E-state index < -0.39 is 0 Å². The van der Waals surface area contributed by atoms with E-state index in [1.54, 1.807) is 11.3 Å². The molecule has 7 heteroatoms. The largest absolute Gasteiger partial charge is 0.355 e. The van der Waals surface area contributed by atoms with Gasteiger partial charge >= 0.3 is 0 Å². The van der Waals surface area contributed by atoms with Crippen molar-refractivity contribution >= 4 is 17.2 Å². The van der Waals surface area contributed by atoms with Crippen LogP contribution in [0.4, 0.5) is 0 Å². The maximum Gasteiger partial charge on any atom is 0.227 e. The van der Waals surface area contributed by atoms with Gasteiger partial charge in [-0.25, -0.2) is 0 Å². The molecule has 0 spiro atoms. The van der Waals surface area contributed by atoms with Crippen molar-refractivity contribution in [3.63, 3.8) is 0 Å². The van der Waals surface area contributed by atoms with Gasteiger partial charge < -0.3 is 15.2 Å². The summed E-state index contributed by atoms with van der Waals surface area (Å²) < 4.78 is 5.14. The summed E-state index contributed by atoms with van der Waals surface area (Å²) >= 11 is 1.56. The van der Waals surface area contributed by atoms with Crippen molar-refractivity contribution in [2.75, 3.05) is 13.6 Å². The molecule has 0 radical (unpaired) electrons. The highest BCUT2D eigenvalue weighted by Gasteiger charge is 2.11. The van der Waals surface area contributed by atoms with Crippen LogP contribution < -0.4 is 10.6 Å². The summed E-state index contributed by atoms with van der Waals surface area (Å²) in [5, 5.41) is 11.8. The zero-order valence-corrected chi connectivity index (χ0v) is 12.4. The summed E-state index contributed by atoms with van der Waals surface area (Å²) in [6.07, 6.45) is 0.806. The van der Waals surface area contributed by atoms with Crippen LogP contribution in [0.2, 0.25) is 0 Å². The molecule has 0 aliphatic carbocycles. The summed E-state index contributed by atoms with van der Waals surface area (Å²) in [7, 11) is 1.86. The fourth-order valence-electron chi connectivity index (χ4n) is 1.54. The first-order valence-corrected chi connectivity index (χ1v) is 7.37. The van der Waals surface area contributed by atoms with Gasteiger partial charge in [-0.3, -0.25) is 4.79 Å². The predicted molar refractivity (Wildman–Crippen MR) is 77.5 cm³/mol. The van der Waals surface area contributed by atoms with Crippen LogP contribution in [0.1, 0.15) is 19.2 Å². The molecule has 0 saturated carbocycles. The van der Waals surface area contributed by atoms with Gasteiger partial charge in [-0.15, -0.1) is 11.3 Å². The van der Waals surface area contributed by atoms with E-state index in [9.17, 15) is 4.79 Å². The van der Waals surface area contributed by atoms with E-state index >= 15 is 0 Å². The highest BCUT2D eigenvalue weighted by atomic mass is 32.1. The summed E-state index contributed by atoms with van der Waals surface area (Å²) in [6.45, 7) is 2.62. The van der Waals surface area contributed by atoms with Gasteiger partial charge in [0.15, 0.2) is 0 Å². The summed E-state index contributed by atoms with van der Waals surface area (Å²) in [4.78, 5) is 16.9. The van der Waals surface area contributed by atoms with Crippen molar-refractivity contribution in [1.29, 1.82) is 0 Å². The third-order valence-electron chi connectivity index (χ3n) is 2.87. The molecule has 0 aliphatic rings. The number of nitrogens with one attached hydrogen (secondary N) is 2. The zero-order valence-electron chi connectivity index (χ0n) is 11.5. The third kappa shape index (κ3) is 4.14. The lowest BCUT2D eigenvalue weighted by molar-refractivity contribution is -0.121. The lowest BCUT2D eigenvalue weighted by atomic mass is 10.2. The number of nitrogens with zero attached hydrogens (tertiary/aromatic N) is 2. The van der Waals surface area contributed by atoms with E-state index in [0.29, 0.717) is 31.1 Å². The lowest BCUT2D eigenvalue weighted by Gasteiger charge is -2.10. The van der Waals surface area contributed by atoms with Gasteiger partial charge in [-0.05, 0) is 25.4 Å². The number of carbonyl (C=O) groups is 1. The first-order chi connectivity index (χ1) is 9.69. The Morgan fingerprint density at radius 1 is 1.55 bits per heavy atom. The van der Waals surface area contributed by atoms with Gasteiger partial charge in [-0.2, -0.15) is 4.98 Å². The lowest BCUT2D eigenvalue weighted by Crippen LogP contribution is -2.37. The Balaban J connectivity index is 1.78. The monoisotopic (exact) mass is 294 g/mol. The molecule has 2 N–H and O–H groups in total. The second-order valence-corrected chi connectivity index (χ2v) is 5.43. The van der Waals surface area contributed by atoms with Crippen LogP contribution >= 0.6 is 11.3 Å². The topological polar surface area (TPSA) is 80.0 Å². The Morgan fingerprint density at radius 2 is 2.40 bits per heavy atom. The van der Waals surface area contributed by atoms with E-state index in [2.05, 4.69) is 20.8 Å². The van der Waals surface area contributed by atoms with E-state index in [1.807, 2.05) is 31.5 Å². The number of carbonyl (C=O) groups excluding carboxylic acids is 1. The Hall–Kier alpha value is -1.73. The normalized spacial score (nSPS) is 12.3. The number of hydrogen-bond donors (Lipinski definition) is 2. The van der Waals surface area contributed by atoms with E-state index in [4.69, 9.17) is 4.52 Å². The summed E-state index contributed by atoms with van der Waals surface area (Å²) in [5.74, 6) is 1.06. The number of rotatable bonds is 7. The van der Waals surface area contributed by atoms with Crippen molar-refractivity contribution in [1.82, 2.24) is 20.8 Å². The molecule has 20 heavy (non-hydrogen) atoms. The van der Waals surface area contributed by atoms with Gasteiger partial charge in [0, 0.05) is 25.4 Å². The molecule has 0 aliphatic heterocycles. The van der Waals surface area contributed by atoms with Crippen LogP contribution in [-0.4, -0.2) is 35.7 Å². The van der Waals surface area contributed by atoms with Crippen LogP contribution in [0.5, 0.6) is 0 Å². The predicted octanol–water partition coefficient (Wildman–Crippen LogP) is 1.45. The number of amides is 1. The maximum atomic E-state index is 11.6. The minimum absolute atomic E-state index is 0.0111. The first-order valence-electron chi connectivity index (χ1n) is 6.49. The molecule has 1 atom stereocenters. The maximum absolute atomic E-state index is 11.6. The molecule has 6 nitrogen and oxygen atoms in total. The Bertz CT molecular complexity index is 538. The molecule has 2 heterocycles. The Kier molecular flexibility index (Phi) is 5.25. The standard InChI is InChI=1S/C13H18N4O2S/c1-9(14-2)8-15-11(18)5-6-12-16-13(17-19-12)10-4-3-7-20-10/h3-4,7,9,14H,5-6,8H2,1-2H3,(H,15,18). The van der Waals surface area contributed by atoms with Crippen molar-refractivity contribution in [3.05, 3.63) is 23.4 Å². The summed E-state index contributed by atoms with van der Waals surface area (Å²) in [6, 6.07) is 4.13. The second-order valence-electron chi connectivity index (χ2n) is 4.48. The minimum Gasteiger partial charge on any atom is -0.355 e. The van der Waals surface area contributed by atoms with Gasteiger partial charge in [0.1, 0.15) is 0 Å². The smallest absolute Gasteiger partial charge is 0.227 e. The number of hydrogen-bond acceptors (Lipinski definition) is 6. The van der Waals surface area contributed by atoms with Crippen LogP contribution in [0.3, 0.4) is 0 Å². The molecule has 0 aromatic carbocycles. The second kappa shape index (κ2) is 7.16. The number of aromatic nitrogens is 2. The Morgan fingerprint density at radius 3 is 3.10 bits per heavy atom. The fourth-order valence-corrected chi connectivity index (χ4v) is 2.19. The Labute approximate surface area is 121 Å². The molecule has 0 saturated heterocycles. The van der Waals surface area contributed by atoms with Crippen LogP contribution in [0.15, 0.2) is 22.0 Å². The molecule has 2 rings (SSSR count). The highest BCUT2D eigenvalue weighted by molar-refractivity contribution is 7.13. The number of thiophene rings is 1. The molecule has 0 bridgehead atoms. The zero-order chi connectivity index (χ0) is 14.4. The molecular formula is C13H18N4O2S. The van der Waals surface area contributed by atoms with E-state index in [0.717, 1.165) is 4.88 Å². The molecular weight excluding hydrogens is 276 g/mol. The average Bonchev–Trinajstić information content (AvgIpc) is 3.12. The SMILES string of the molecule is CNC(C)CNC(=O)CCc1nc(-c2cccs2)no1. The van der Waals surface area contributed by atoms with Gasteiger partial charge in [0.05, 0.1) is 4.88 Å². The molecule has 108 valence electrons. The summed E-state index contributed by atoms with van der Waals surface area (Å²) in [5.41, 5.74) is 0. The number of aryl methyl sites for hydroxylation is 1. The first kappa shape index (κ1) is 14.7. The molecule has 0 fully saturated rings. The molecule has 1 unspecified atom stereocenters.